The molecule has 2 heterocycles. The first-order valence-corrected chi connectivity index (χ1v) is 9.60. The van der Waals surface area contributed by atoms with Crippen molar-refractivity contribution in [2.24, 2.45) is 7.05 Å². The molecule has 3 aromatic rings. The number of thioether (sulfide) groups is 1. The Hall–Kier alpha value is -2.33. The van der Waals surface area contributed by atoms with Crippen LogP contribution in [-0.4, -0.2) is 36.1 Å². The molecule has 2 aromatic heterocycles. The number of aromatic nitrogens is 5. The van der Waals surface area contributed by atoms with Crippen LogP contribution in [0.5, 0.6) is 0 Å². The predicted octanol–water partition coefficient (Wildman–Crippen LogP) is 3.29. The minimum Gasteiger partial charge on any atom is -0.305 e. The highest BCUT2D eigenvalue weighted by atomic mass is 32.2. The second-order valence-electron chi connectivity index (χ2n) is 5.50. The Morgan fingerprint density at radius 2 is 2.00 bits per heavy atom. The summed E-state index contributed by atoms with van der Waals surface area (Å²) in [5.41, 5.74) is 0.759. The molecule has 3 rings (SSSR count). The van der Waals surface area contributed by atoms with Crippen LogP contribution in [0.4, 0.5) is 9.52 Å². The maximum atomic E-state index is 13.1. The average molecular weight is 392 g/mol. The number of carbonyl (C=O) groups is 1. The topological polar surface area (TPSA) is 85.6 Å². The lowest BCUT2D eigenvalue weighted by molar-refractivity contribution is -0.115. The van der Waals surface area contributed by atoms with Gasteiger partial charge in [0.2, 0.25) is 11.0 Å². The molecule has 0 aliphatic rings. The molecule has 0 fully saturated rings. The zero-order valence-electron chi connectivity index (χ0n) is 14.4. The summed E-state index contributed by atoms with van der Waals surface area (Å²) in [7, 11) is 1.82. The van der Waals surface area contributed by atoms with Gasteiger partial charge in [0.1, 0.15) is 10.8 Å². The summed E-state index contributed by atoms with van der Waals surface area (Å²) in [4.78, 5) is 12.5. The molecule has 0 spiro atoms. The molecule has 10 heteroatoms. The van der Waals surface area contributed by atoms with Gasteiger partial charge in [-0.2, -0.15) is 0 Å². The number of rotatable bonds is 6. The number of nitrogens with one attached hydrogen (secondary N) is 1. The van der Waals surface area contributed by atoms with Crippen molar-refractivity contribution >= 4 is 34.1 Å². The number of aryl methyl sites for hydroxylation is 1. The zero-order chi connectivity index (χ0) is 18.7. The standard InChI is InChI=1S/C16H17FN6OS2/c1-4-12(14(24)18-15-21-19-9(2)25-15)26-16-22-20-13(23(16)3)10-5-7-11(17)8-6-10/h5-8,12H,4H2,1-3H3,(H,18,21,24). The van der Waals surface area contributed by atoms with Crippen LogP contribution in [-0.2, 0) is 11.8 Å². The van der Waals surface area contributed by atoms with Gasteiger partial charge in [-0.15, -0.1) is 20.4 Å². The number of nitrogens with zero attached hydrogens (tertiary/aromatic N) is 5. The van der Waals surface area contributed by atoms with Gasteiger partial charge in [-0.3, -0.25) is 10.1 Å². The van der Waals surface area contributed by atoms with E-state index in [1.165, 1.54) is 35.2 Å². The Bertz CT molecular complexity index is 908. The van der Waals surface area contributed by atoms with Crippen LogP contribution in [0.3, 0.4) is 0 Å². The number of amides is 1. The first-order chi connectivity index (χ1) is 12.5. The van der Waals surface area contributed by atoms with Crippen molar-refractivity contribution in [3.8, 4) is 11.4 Å². The maximum Gasteiger partial charge on any atom is 0.239 e. The van der Waals surface area contributed by atoms with E-state index in [1.807, 2.05) is 20.9 Å². The number of carbonyl (C=O) groups excluding carboxylic acids is 1. The monoisotopic (exact) mass is 392 g/mol. The molecule has 0 saturated heterocycles. The Morgan fingerprint density at radius 1 is 1.27 bits per heavy atom. The fraction of sp³-hybridized carbons (Fsp3) is 0.312. The van der Waals surface area contributed by atoms with E-state index in [0.717, 1.165) is 10.6 Å². The number of hydrogen-bond acceptors (Lipinski definition) is 7. The van der Waals surface area contributed by atoms with Gasteiger partial charge in [-0.1, -0.05) is 30.0 Å². The van der Waals surface area contributed by atoms with E-state index in [1.54, 1.807) is 16.7 Å². The van der Waals surface area contributed by atoms with E-state index < -0.39 is 0 Å². The molecule has 0 radical (unpaired) electrons. The Kier molecular flexibility index (Phi) is 5.62. The van der Waals surface area contributed by atoms with Crippen LogP contribution >= 0.6 is 23.1 Å². The van der Waals surface area contributed by atoms with Gasteiger partial charge in [0, 0.05) is 12.6 Å². The van der Waals surface area contributed by atoms with Gasteiger partial charge in [0.15, 0.2) is 11.0 Å². The molecule has 1 N–H and O–H groups in total. The van der Waals surface area contributed by atoms with Crippen molar-refractivity contribution < 1.29 is 9.18 Å². The summed E-state index contributed by atoms with van der Waals surface area (Å²) in [5, 5.41) is 20.5. The summed E-state index contributed by atoms with van der Waals surface area (Å²) in [6.07, 6.45) is 0.618. The number of benzene rings is 1. The van der Waals surface area contributed by atoms with Crippen molar-refractivity contribution in [1.82, 2.24) is 25.0 Å². The van der Waals surface area contributed by atoms with Crippen LogP contribution in [0.25, 0.3) is 11.4 Å². The van der Waals surface area contributed by atoms with E-state index in [9.17, 15) is 9.18 Å². The van der Waals surface area contributed by atoms with Crippen molar-refractivity contribution in [3.05, 3.63) is 35.1 Å². The first kappa shape index (κ1) is 18.5. The quantitative estimate of drug-likeness (QED) is 0.648. The molecule has 26 heavy (non-hydrogen) atoms. The summed E-state index contributed by atoms with van der Waals surface area (Å²) < 4.78 is 14.9. The third-order valence-corrected chi connectivity index (χ3v) is 5.76. The highest BCUT2D eigenvalue weighted by Gasteiger charge is 2.23. The average Bonchev–Trinajstić information content (AvgIpc) is 3.19. The Balaban J connectivity index is 1.74. The van der Waals surface area contributed by atoms with E-state index in [0.29, 0.717) is 22.5 Å². The Labute approximate surface area is 158 Å². The third kappa shape index (κ3) is 4.07. The molecule has 0 aliphatic carbocycles. The van der Waals surface area contributed by atoms with Gasteiger partial charge >= 0.3 is 0 Å². The second-order valence-corrected chi connectivity index (χ2v) is 7.85. The summed E-state index contributed by atoms with van der Waals surface area (Å²) in [6.45, 7) is 3.76. The Morgan fingerprint density at radius 3 is 2.62 bits per heavy atom. The zero-order valence-corrected chi connectivity index (χ0v) is 16.1. The summed E-state index contributed by atoms with van der Waals surface area (Å²) in [5.74, 6) is 0.155. The molecule has 1 amide bonds. The van der Waals surface area contributed by atoms with Gasteiger partial charge in [-0.05, 0) is 37.6 Å². The fourth-order valence-electron chi connectivity index (χ4n) is 2.25. The van der Waals surface area contributed by atoms with Crippen molar-refractivity contribution in [1.29, 1.82) is 0 Å². The van der Waals surface area contributed by atoms with Crippen LogP contribution < -0.4 is 5.32 Å². The minimum atomic E-state index is -0.344. The highest BCUT2D eigenvalue weighted by molar-refractivity contribution is 8.00. The molecule has 7 nitrogen and oxygen atoms in total. The van der Waals surface area contributed by atoms with Gasteiger partial charge in [0.25, 0.3) is 0 Å². The van der Waals surface area contributed by atoms with Crippen molar-refractivity contribution in [2.75, 3.05) is 5.32 Å². The first-order valence-electron chi connectivity index (χ1n) is 7.91. The predicted molar refractivity (Wildman–Crippen MR) is 99.6 cm³/mol. The molecular weight excluding hydrogens is 375 g/mol. The number of anilines is 1. The SMILES string of the molecule is CCC(Sc1nnc(-c2ccc(F)cc2)n1C)C(=O)Nc1nnc(C)s1. The maximum absolute atomic E-state index is 13.1. The van der Waals surface area contributed by atoms with E-state index in [-0.39, 0.29) is 17.0 Å². The van der Waals surface area contributed by atoms with Crippen molar-refractivity contribution in [2.45, 2.75) is 30.7 Å². The van der Waals surface area contributed by atoms with Crippen LogP contribution in [0, 0.1) is 12.7 Å². The van der Waals surface area contributed by atoms with Crippen LogP contribution in [0.2, 0.25) is 0 Å². The molecule has 1 unspecified atom stereocenters. The van der Waals surface area contributed by atoms with Gasteiger partial charge < -0.3 is 4.57 Å². The highest BCUT2D eigenvalue weighted by Crippen LogP contribution is 2.28. The van der Waals surface area contributed by atoms with Crippen LogP contribution in [0.1, 0.15) is 18.4 Å². The molecule has 1 atom stereocenters. The molecule has 136 valence electrons. The lowest BCUT2D eigenvalue weighted by Crippen LogP contribution is -2.25. The lowest BCUT2D eigenvalue weighted by atomic mass is 10.2. The minimum absolute atomic E-state index is 0.153. The molecule has 0 bridgehead atoms. The molecule has 0 aliphatic heterocycles. The summed E-state index contributed by atoms with van der Waals surface area (Å²) >= 11 is 2.66. The van der Waals surface area contributed by atoms with Crippen LogP contribution in [0.15, 0.2) is 29.4 Å². The normalized spacial score (nSPS) is 12.2. The third-order valence-electron chi connectivity index (χ3n) is 3.60. The number of halogens is 1. The number of hydrogen-bond donors (Lipinski definition) is 1. The van der Waals surface area contributed by atoms with Gasteiger partial charge in [0.05, 0.1) is 5.25 Å². The fourth-order valence-corrected chi connectivity index (χ4v) is 3.76. The van der Waals surface area contributed by atoms with Gasteiger partial charge in [-0.25, -0.2) is 4.39 Å². The molecular formula is C16H17FN6OS2. The van der Waals surface area contributed by atoms with E-state index in [4.69, 9.17) is 0 Å². The summed E-state index contributed by atoms with van der Waals surface area (Å²) in [6, 6.07) is 6.05. The van der Waals surface area contributed by atoms with E-state index in [2.05, 4.69) is 25.7 Å². The molecule has 0 saturated carbocycles. The van der Waals surface area contributed by atoms with E-state index >= 15 is 0 Å². The second kappa shape index (κ2) is 7.92. The van der Waals surface area contributed by atoms with Crippen molar-refractivity contribution in [3.63, 3.8) is 0 Å². The largest absolute Gasteiger partial charge is 0.305 e. The lowest BCUT2D eigenvalue weighted by Gasteiger charge is -2.12. The molecule has 1 aromatic carbocycles. The smallest absolute Gasteiger partial charge is 0.239 e.